The first-order chi connectivity index (χ1) is 9.12. The van der Waals surface area contributed by atoms with E-state index in [2.05, 4.69) is 14.8 Å². The Labute approximate surface area is 109 Å². The Kier molecular flexibility index (Phi) is 3.18. The average Bonchev–Trinajstić information content (AvgIpc) is 2.52. The van der Waals surface area contributed by atoms with Crippen molar-refractivity contribution >= 4 is 5.69 Å². The number of hydrogen-bond donors (Lipinski definition) is 1. The molecule has 0 spiro atoms. The molecule has 0 saturated carbocycles. The molecule has 104 valence electrons. The zero-order valence-corrected chi connectivity index (χ0v) is 10.3. The van der Waals surface area contributed by atoms with Crippen molar-refractivity contribution in [1.82, 2.24) is 0 Å². The van der Waals surface area contributed by atoms with Crippen molar-refractivity contribution in [2.45, 2.75) is 31.6 Å². The van der Waals surface area contributed by atoms with Crippen LogP contribution >= 0.6 is 0 Å². The molecule has 0 radical (unpaired) electrons. The maximum Gasteiger partial charge on any atom is 0.586 e. The molecule has 0 aromatic heterocycles. The fourth-order valence-electron chi connectivity index (χ4n) is 2.32. The zero-order chi connectivity index (χ0) is 13.3. The van der Waals surface area contributed by atoms with Gasteiger partial charge in [0.15, 0.2) is 11.5 Å². The number of anilines is 1. The van der Waals surface area contributed by atoms with Gasteiger partial charge in [0.1, 0.15) is 0 Å². The Morgan fingerprint density at radius 1 is 1.11 bits per heavy atom. The molecule has 1 unspecified atom stereocenters. The summed E-state index contributed by atoms with van der Waals surface area (Å²) in [6, 6.07) is 5.05. The van der Waals surface area contributed by atoms with Gasteiger partial charge in [-0.2, -0.15) is 0 Å². The van der Waals surface area contributed by atoms with Crippen LogP contribution in [0.25, 0.3) is 0 Å². The SMILES string of the molecule is FC1(F)Oc2ccc(NC3CCCOCC3)cc2O1. The molecule has 2 aliphatic rings. The predicted molar refractivity (Wildman–Crippen MR) is 64.7 cm³/mol. The zero-order valence-electron chi connectivity index (χ0n) is 10.3. The van der Waals surface area contributed by atoms with Crippen LogP contribution in [0, 0.1) is 0 Å². The lowest BCUT2D eigenvalue weighted by atomic mass is 10.1. The lowest BCUT2D eigenvalue weighted by Gasteiger charge is -2.17. The highest BCUT2D eigenvalue weighted by atomic mass is 19.3. The normalized spacial score (nSPS) is 24.8. The molecule has 1 aromatic carbocycles. The Morgan fingerprint density at radius 2 is 1.95 bits per heavy atom. The van der Waals surface area contributed by atoms with Crippen LogP contribution in [0.1, 0.15) is 19.3 Å². The van der Waals surface area contributed by atoms with Crippen LogP contribution in [0.5, 0.6) is 11.5 Å². The molecule has 2 aliphatic heterocycles. The average molecular weight is 271 g/mol. The van der Waals surface area contributed by atoms with Gasteiger partial charge in [-0.25, -0.2) is 0 Å². The van der Waals surface area contributed by atoms with Gasteiger partial charge in [-0.05, 0) is 31.4 Å². The summed E-state index contributed by atoms with van der Waals surface area (Å²) in [5, 5.41) is 3.32. The minimum Gasteiger partial charge on any atom is -0.395 e. The van der Waals surface area contributed by atoms with Crippen LogP contribution in [0.15, 0.2) is 18.2 Å². The van der Waals surface area contributed by atoms with Crippen LogP contribution in [0.3, 0.4) is 0 Å². The van der Waals surface area contributed by atoms with Crippen molar-refractivity contribution in [3.05, 3.63) is 18.2 Å². The smallest absolute Gasteiger partial charge is 0.395 e. The van der Waals surface area contributed by atoms with Crippen molar-refractivity contribution < 1.29 is 23.0 Å². The summed E-state index contributed by atoms with van der Waals surface area (Å²) in [6.45, 7) is 1.51. The Bertz CT molecular complexity index is 459. The number of rotatable bonds is 2. The summed E-state index contributed by atoms with van der Waals surface area (Å²) in [6.07, 6.45) is -0.646. The molecule has 2 heterocycles. The summed E-state index contributed by atoms with van der Waals surface area (Å²) < 4.78 is 40.0. The molecule has 3 rings (SSSR count). The molecule has 4 nitrogen and oxygen atoms in total. The minimum atomic E-state index is -3.56. The second-order valence-electron chi connectivity index (χ2n) is 4.71. The molecule has 1 fully saturated rings. The van der Waals surface area contributed by atoms with Crippen molar-refractivity contribution in [3.63, 3.8) is 0 Å². The summed E-state index contributed by atoms with van der Waals surface area (Å²) in [4.78, 5) is 0. The number of nitrogens with one attached hydrogen (secondary N) is 1. The summed E-state index contributed by atoms with van der Waals surface area (Å²) >= 11 is 0. The molecule has 1 aromatic rings. The Hall–Kier alpha value is -1.56. The monoisotopic (exact) mass is 271 g/mol. The van der Waals surface area contributed by atoms with E-state index in [1.165, 1.54) is 6.07 Å². The quantitative estimate of drug-likeness (QED) is 0.897. The molecule has 0 amide bonds. The second kappa shape index (κ2) is 4.85. The number of halogens is 2. The van der Waals surface area contributed by atoms with Gasteiger partial charge in [-0.1, -0.05) is 0 Å². The van der Waals surface area contributed by atoms with Gasteiger partial charge in [0.25, 0.3) is 0 Å². The van der Waals surface area contributed by atoms with Gasteiger partial charge < -0.3 is 19.5 Å². The summed E-state index contributed by atoms with van der Waals surface area (Å²) in [5.74, 6) is 0.139. The maximum atomic E-state index is 12.9. The number of benzene rings is 1. The van der Waals surface area contributed by atoms with Crippen LogP contribution in [0.4, 0.5) is 14.5 Å². The van der Waals surface area contributed by atoms with Crippen LogP contribution in [-0.4, -0.2) is 25.6 Å². The standard InChI is InChI=1S/C13H15F2NO3/c14-13(15)18-11-4-3-10(8-12(11)19-13)16-9-2-1-6-17-7-5-9/h3-4,8-9,16H,1-2,5-7H2. The highest BCUT2D eigenvalue weighted by molar-refractivity contribution is 5.56. The van der Waals surface area contributed by atoms with E-state index in [0.717, 1.165) is 38.2 Å². The van der Waals surface area contributed by atoms with Gasteiger partial charge in [-0.15, -0.1) is 8.78 Å². The minimum absolute atomic E-state index is 0.0692. The number of fused-ring (bicyclic) bond motifs is 1. The predicted octanol–water partition coefficient (Wildman–Crippen LogP) is 2.99. The molecule has 1 atom stereocenters. The molecule has 0 bridgehead atoms. The molecule has 1 saturated heterocycles. The van der Waals surface area contributed by atoms with E-state index in [0.29, 0.717) is 6.04 Å². The second-order valence-corrected chi connectivity index (χ2v) is 4.71. The molecule has 19 heavy (non-hydrogen) atoms. The van der Waals surface area contributed by atoms with Crippen LogP contribution in [0.2, 0.25) is 0 Å². The van der Waals surface area contributed by atoms with Gasteiger partial charge in [-0.3, -0.25) is 0 Å². The van der Waals surface area contributed by atoms with E-state index >= 15 is 0 Å². The van der Waals surface area contributed by atoms with E-state index in [1.54, 1.807) is 12.1 Å². The lowest BCUT2D eigenvalue weighted by molar-refractivity contribution is -0.286. The largest absolute Gasteiger partial charge is 0.586 e. The molecular formula is C13H15F2NO3. The van der Waals surface area contributed by atoms with Crippen molar-refractivity contribution in [2.24, 2.45) is 0 Å². The summed E-state index contributed by atoms with van der Waals surface area (Å²) in [5.41, 5.74) is 0.756. The van der Waals surface area contributed by atoms with E-state index in [1.807, 2.05) is 0 Å². The number of hydrogen-bond acceptors (Lipinski definition) is 4. The van der Waals surface area contributed by atoms with Gasteiger partial charge in [0, 0.05) is 31.0 Å². The number of ether oxygens (including phenoxy) is 3. The molecule has 0 aliphatic carbocycles. The van der Waals surface area contributed by atoms with Crippen molar-refractivity contribution in [3.8, 4) is 11.5 Å². The first-order valence-electron chi connectivity index (χ1n) is 6.37. The van der Waals surface area contributed by atoms with Crippen molar-refractivity contribution in [2.75, 3.05) is 18.5 Å². The van der Waals surface area contributed by atoms with Crippen LogP contribution in [-0.2, 0) is 4.74 Å². The highest BCUT2D eigenvalue weighted by Gasteiger charge is 2.43. The lowest BCUT2D eigenvalue weighted by Crippen LogP contribution is -2.25. The third-order valence-electron chi connectivity index (χ3n) is 3.22. The van der Waals surface area contributed by atoms with Gasteiger partial charge in [0.2, 0.25) is 0 Å². The van der Waals surface area contributed by atoms with E-state index in [-0.39, 0.29) is 11.5 Å². The molecular weight excluding hydrogens is 256 g/mol. The van der Waals surface area contributed by atoms with Gasteiger partial charge >= 0.3 is 6.29 Å². The number of alkyl halides is 2. The molecule has 1 N–H and O–H groups in total. The fourth-order valence-corrected chi connectivity index (χ4v) is 2.32. The Morgan fingerprint density at radius 3 is 2.84 bits per heavy atom. The van der Waals surface area contributed by atoms with Crippen LogP contribution < -0.4 is 14.8 Å². The first kappa shape index (κ1) is 12.5. The first-order valence-corrected chi connectivity index (χ1v) is 6.37. The van der Waals surface area contributed by atoms with E-state index in [9.17, 15) is 8.78 Å². The Balaban J connectivity index is 1.69. The summed E-state index contributed by atoms with van der Waals surface area (Å²) in [7, 11) is 0. The third kappa shape index (κ3) is 2.89. The maximum absolute atomic E-state index is 12.9. The van der Waals surface area contributed by atoms with Gasteiger partial charge in [0.05, 0.1) is 0 Å². The van der Waals surface area contributed by atoms with E-state index in [4.69, 9.17) is 4.74 Å². The fraction of sp³-hybridized carbons (Fsp3) is 0.538. The third-order valence-corrected chi connectivity index (χ3v) is 3.22. The van der Waals surface area contributed by atoms with Crippen molar-refractivity contribution in [1.29, 1.82) is 0 Å². The van der Waals surface area contributed by atoms with E-state index < -0.39 is 6.29 Å². The topological polar surface area (TPSA) is 39.7 Å². The molecule has 6 heteroatoms. The highest BCUT2D eigenvalue weighted by Crippen LogP contribution is 2.42.